The van der Waals surface area contributed by atoms with E-state index in [1.807, 2.05) is 25.7 Å². The van der Waals surface area contributed by atoms with Gasteiger partial charge < -0.3 is 15.4 Å². The minimum Gasteiger partial charge on any atom is -0.444 e. The Morgan fingerprint density at radius 2 is 1.84 bits per heavy atom. The smallest absolute Gasteiger partial charge is 0.410 e. The Morgan fingerprint density at radius 3 is 2.47 bits per heavy atom. The first kappa shape index (κ1) is 14.6. The van der Waals surface area contributed by atoms with Crippen molar-refractivity contribution < 1.29 is 9.53 Å². The number of rotatable bonds is 1. The van der Waals surface area contributed by atoms with Gasteiger partial charge in [-0.1, -0.05) is 12.8 Å². The summed E-state index contributed by atoms with van der Waals surface area (Å²) in [5.41, 5.74) is 5.85. The van der Waals surface area contributed by atoms with Crippen LogP contribution in [0.5, 0.6) is 0 Å². The third kappa shape index (κ3) is 3.62. The molecule has 1 saturated heterocycles. The molecule has 0 radical (unpaired) electrons. The maximum absolute atomic E-state index is 12.3. The van der Waals surface area contributed by atoms with Crippen molar-refractivity contribution in [3.63, 3.8) is 0 Å². The average Bonchev–Trinajstić information content (AvgIpc) is 2.76. The topological polar surface area (TPSA) is 55.6 Å². The van der Waals surface area contributed by atoms with Gasteiger partial charge in [0.2, 0.25) is 0 Å². The molecule has 0 aromatic heterocycles. The minimum atomic E-state index is -0.418. The molecule has 3 atom stereocenters. The van der Waals surface area contributed by atoms with Crippen molar-refractivity contribution in [2.24, 2.45) is 11.7 Å². The molecular weight excluding hydrogens is 240 g/mol. The van der Waals surface area contributed by atoms with Crippen molar-refractivity contribution >= 4 is 6.09 Å². The summed E-state index contributed by atoms with van der Waals surface area (Å²) in [6, 6.07) is 0.548. The lowest BCUT2D eigenvalue weighted by Gasteiger charge is -2.38. The van der Waals surface area contributed by atoms with Crippen molar-refractivity contribution in [1.82, 2.24) is 4.90 Å². The predicted molar refractivity (Wildman–Crippen MR) is 75.9 cm³/mol. The number of carbonyl (C=O) groups excluding carboxylic acids is 1. The zero-order chi connectivity index (χ0) is 14.0. The van der Waals surface area contributed by atoms with E-state index in [1.54, 1.807) is 0 Å². The summed E-state index contributed by atoms with van der Waals surface area (Å²) >= 11 is 0. The number of carbonyl (C=O) groups is 1. The van der Waals surface area contributed by atoms with Gasteiger partial charge in [-0.15, -0.1) is 0 Å². The molecule has 0 spiro atoms. The molecule has 19 heavy (non-hydrogen) atoms. The number of nitrogens with two attached hydrogens (primary N) is 1. The van der Waals surface area contributed by atoms with Crippen LogP contribution in [0.1, 0.15) is 59.3 Å². The van der Waals surface area contributed by atoms with Gasteiger partial charge in [-0.2, -0.15) is 0 Å². The molecule has 2 aliphatic rings. The minimum absolute atomic E-state index is 0.159. The van der Waals surface area contributed by atoms with Gasteiger partial charge in [0.15, 0.2) is 0 Å². The van der Waals surface area contributed by atoms with Crippen LogP contribution in [-0.4, -0.2) is 35.2 Å². The van der Waals surface area contributed by atoms with Crippen LogP contribution in [0.25, 0.3) is 0 Å². The Morgan fingerprint density at radius 1 is 1.16 bits per heavy atom. The van der Waals surface area contributed by atoms with Crippen LogP contribution in [0.4, 0.5) is 4.79 Å². The van der Waals surface area contributed by atoms with E-state index < -0.39 is 5.60 Å². The molecule has 1 aliphatic heterocycles. The van der Waals surface area contributed by atoms with Crippen molar-refractivity contribution in [2.45, 2.75) is 77.0 Å². The standard InChI is InChI=1S/C15H28N2O2/c1-15(2,3)19-14(18)17-10-6-9-13(17)11-7-4-5-8-12(11)16/h11-13H,4-10,16H2,1-3H3/t11-,12-,13-/m0/s1. The summed E-state index contributed by atoms with van der Waals surface area (Å²) in [5, 5.41) is 0. The average molecular weight is 268 g/mol. The largest absolute Gasteiger partial charge is 0.444 e. The van der Waals surface area contributed by atoms with E-state index >= 15 is 0 Å². The van der Waals surface area contributed by atoms with Crippen LogP contribution in [0.15, 0.2) is 0 Å². The highest BCUT2D eigenvalue weighted by Gasteiger charge is 2.39. The third-order valence-electron chi connectivity index (χ3n) is 4.30. The molecule has 0 unspecified atom stereocenters. The Hall–Kier alpha value is -0.770. The summed E-state index contributed by atoms with van der Waals surface area (Å²) in [6.07, 6.45) is 6.74. The van der Waals surface area contributed by atoms with E-state index in [2.05, 4.69) is 0 Å². The van der Waals surface area contributed by atoms with Gasteiger partial charge in [-0.25, -0.2) is 4.79 Å². The van der Waals surface area contributed by atoms with Gasteiger partial charge >= 0.3 is 6.09 Å². The molecule has 0 bridgehead atoms. The molecule has 1 amide bonds. The molecule has 0 aromatic rings. The van der Waals surface area contributed by atoms with Crippen molar-refractivity contribution in [3.8, 4) is 0 Å². The van der Waals surface area contributed by atoms with E-state index in [0.29, 0.717) is 12.0 Å². The summed E-state index contributed by atoms with van der Waals surface area (Å²) < 4.78 is 5.52. The number of likely N-dealkylation sites (tertiary alicyclic amines) is 1. The maximum Gasteiger partial charge on any atom is 0.410 e. The maximum atomic E-state index is 12.3. The van der Waals surface area contributed by atoms with Crippen molar-refractivity contribution in [3.05, 3.63) is 0 Å². The first-order chi connectivity index (χ1) is 8.88. The molecule has 4 nitrogen and oxygen atoms in total. The summed E-state index contributed by atoms with van der Waals surface area (Å²) in [6.45, 7) is 6.58. The number of ether oxygens (including phenoxy) is 1. The summed E-state index contributed by atoms with van der Waals surface area (Å²) in [5.74, 6) is 0.462. The molecule has 2 rings (SSSR count). The number of hydrogen-bond acceptors (Lipinski definition) is 3. The lowest BCUT2D eigenvalue weighted by atomic mass is 9.79. The lowest BCUT2D eigenvalue weighted by Crippen LogP contribution is -2.49. The number of hydrogen-bond donors (Lipinski definition) is 1. The SMILES string of the molecule is CC(C)(C)OC(=O)N1CCC[C@H]1[C@H]1CCCC[C@@H]1N. The van der Waals surface area contributed by atoms with Crippen LogP contribution in [0, 0.1) is 5.92 Å². The Kier molecular flexibility index (Phi) is 4.39. The highest BCUT2D eigenvalue weighted by atomic mass is 16.6. The van der Waals surface area contributed by atoms with Gasteiger partial charge in [-0.05, 0) is 52.4 Å². The molecule has 110 valence electrons. The second-order valence-corrected chi connectivity index (χ2v) is 7.00. The Labute approximate surface area is 116 Å². The number of amides is 1. The third-order valence-corrected chi connectivity index (χ3v) is 4.30. The van der Waals surface area contributed by atoms with Crippen LogP contribution < -0.4 is 5.73 Å². The van der Waals surface area contributed by atoms with Crippen LogP contribution in [0.3, 0.4) is 0 Å². The summed E-state index contributed by atoms with van der Waals surface area (Å²) in [4.78, 5) is 14.2. The van der Waals surface area contributed by atoms with Gasteiger partial charge in [0.1, 0.15) is 5.60 Å². The molecule has 0 aromatic carbocycles. The molecule has 1 heterocycles. The fraction of sp³-hybridized carbons (Fsp3) is 0.933. The van der Waals surface area contributed by atoms with Crippen molar-refractivity contribution in [2.75, 3.05) is 6.54 Å². The van der Waals surface area contributed by atoms with E-state index in [4.69, 9.17) is 10.5 Å². The van der Waals surface area contributed by atoms with E-state index in [-0.39, 0.29) is 12.1 Å². The van der Waals surface area contributed by atoms with E-state index in [9.17, 15) is 4.79 Å². The number of nitrogens with zero attached hydrogens (tertiary/aromatic N) is 1. The van der Waals surface area contributed by atoms with Crippen LogP contribution in [-0.2, 0) is 4.74 Å². The van der Waals surface area contributed by atoms with Gasteiger partial charge in [0.05, 0.1) is 0 Å². The lowest BCUT2D eigenvalue weighted by molar-refractivity contribution is 0.0145. The highest BCUT2D eigenvalue weighted by Crippen LogP contribution is 2.34. The molecule has 2 N–H and O–H groups in total. The Bertz CT molecular complexity index is 325. The zero-order valence-electron chi connectivity index (χ0n) is 12.5. The molecule has 2 fully saturated rings. The molecular formula is C15H28N2O2. The predicted octanol–water partition coefficient (Wildman–Crippen LogP) is 2.90. The first-order valence-corrected chi connectivity index (χ1v) is 7.64. The highest BCUT2D eigenvalue weighted by molar-refractivity contribution is 5.69. The first-order valence-electron chi connectivity index (χ1n) is 7.64. The van der Waals surface area contributed by atoms with Crippen molar-refractivity contribution in [1.29, 1.82) is 0 Å². The monoisotopic (exact) mass is 268 g/mol. The van der Waals surface area contributed by atoms with E-state index in [1.165, 1.54) is 12.8 Å². The summed E-state index contributed by atoms with van der Waals surface area (Å²) in [7, 11) is 0. The molecule has 1 aliphatic carbocycles. The Balaban J connectivity index is 2.01. The zero-order valence-corrected chi connectivity index (χ0v) is 12.5. The van der Waals surface area contributed by atoms with Crippen LogP contribution >= 0.6 is 0 Å². The fourth-order valence-electron chi connectivity index (χ4n) is 3.45. The molecule has 4 heteroatoms. The quantitative estimate of drug-likeness (QED) is 0.795. The second-order valence-electron chi connectivity index (χ2n) is 7.00. The normalized spacial score (nSPS) is 32.4. The van der Waals surface area contributed by atoms with E-state index in [0.717, 1.165) is 32.2 Å². The van der Waals surface area contributed by atoms with Crippen LogP contribution in [0.2, 0.25) is 0 Å². The fourth-order valence-corrected chi connectivity index (χ4v) is 3.45. The second kappa shape index (κ2) is 5.70. The van der Waals surface area contributed by atoms with Gasteiger partial charge in [0.25, 0.3) is 0 Å². The van der Waals surface area contributed by atoms with Gasteiger partial charge in [0, 0.05) is 18.6 Å². The van der Waals surface area contributed by atoms with Gasteiger partial charge in [-0.3, -0.25) is 0 Å². The molecule has 1 saturated carbocycles.